The molecule has 190 valence electrons. The Bertz CT molecular complexity index is 969. The first-order valence-electron chi connectivity index (χ1n) is 12.5. The smallest absolute Gasteiger partial charge is 0.328 e. The third kappa shape index (κ3) is 9.21. The molecule has 1 aliphatic rings. The Morgan fingerprint density at radius 3 is 2.63 bits per heavy atom. The Hall–Kier alpha value is -3.12. The Morgan fingerprint density at radius 2 is 1.97 bits per heavy atom. The SMILES string of the molecule is CCCN(CCO)c1cccc(CC(NC(=O)/C(C)=C/C=C(\C)C2=CCCC=C2)C(=O)OCC)c1. The molecule has 1 atom stereocenters. The molecule has 2 rings (SSSR count). The predicted molar refractivity (Wildman–Crippen MR) is 142 cm³/mol. The Balaban J connectivity index is 2.16. The van der Waals surface area contributed by atoms with E-state index >= 15 is 0 Å². The van der Waals surface area contributed by atoms with Crippen LogP contribution in [0.3, 0.4) is 0 Å². The highest BCUT2D eigenvalue weighted by atomic mass is 16.5. The normalized spacial score (nSPS) is 14.8. The molecule has 35 heavy (non-hydrogen) atoms. The van der Waals surface area contributed by atoms with Crippen LogP contribution in [-0.2, 0) is 20.7 Å². The van der Waals surface area contributed by atoms with Crippen LogP contribution >= 0.6 is 0 Å². The lowest BCUT2D eigenvalue weighted by molar-refractivity contribution is -0.147. The van der Waals surface area contributed by atoms with Gasteiger partial charge in [0.2, 0.25) is 5.91 Å². The van der Waals surface area contributed by atoms with E-state index in [4.69, 9.17) is 4.74 Å². The molecule has 1 aromatic rings. The van der Waals surface area contributed by atoms with Crippen molar-refractivity contribution >= 4 is 17.6 Å². The van der Waals surface area contributed by atoms with Gasteiger partial charge in [-0.2, -0.15) is 0 Å². The lowest BCUT2D eigenvalue weighted by atomic mass is 10.00. The second-order valence-electron chi connectivity index (χ2n) is 8.70. The van der Waals surface area contributed by atoms with Crippen LogP contribution in [0.2, 0.25) is 0 Å². The van der Waals surface area contributed by atoms with Crippen molar-refractivity contribution in [1.82, 2.24) is 5.32 Å². The van der Waals surface area contributed by atoms with Gasteiger partial charge in [-0.05, 0) is 68.9 Å². The molecule has 0 radical (unpaired) electrons. The minimum atomic E-state index is -0.799. The van der Waals surface area contributed by atoms with Crippen LogP contribution in [-0.4, -0.2) is 49.3 Å². The number of hydrogen-bond donors (Lipinski definition) is 2. The summed E-state index contributed by atoms with van der Waals surface area (Å²) >= 11 is 0. The molecular weight excluding hydrogens is 440 g/mol. The fourth-order valence-electron chi connectivity index (χ4n) is 3.91. The molecule has 0 saturated carbocycles. The van der Waals surface area contributed by atoms with E-state index in [1.165, 1.54) is 5.57 Å². The molecule has 0 saturated heterocycles. The summed E-state index contributed by atoms with van der Waals surface area (Å²) in [4.78, 5) is 27.7. The molecule has 1 aromatic carbocycles. The van der Waals surface area contributed by atoms with Gasteiger partial charge in [0.05, 0.1) is 13.2 Å². The van der Waals surface area contributed by atoms with Crippen molar-refractivity contribution in [3.8, 4) is 0 Å². The van der Waals surface area contributed by atoms with Crippen molar-refractivity contribution < 1.29 is 19.4 Å². The highest BCUT2D eigenvalue weighted by molar-refractivity contribution is 5.96. The third-order valence-electron chi connectivity index (χ3n) is 5.85. The maximum absolute atomic E-state index is 12.9. The average Bonchev–Trinajstić information content (AvgIpc) is 2.87. The molecule has 0 aliphatic heterocycles. The zero-order valence-electron chi connectivity index (χ0n) is 21.5. The molecule has 1 unspecified atom stereocenters. The molecule has 6 nitrogen and oxygen atoms in total. The number of allylic oxidation sites excluding steroid dienone is 7. The molecule has 0 bridgehead atoms. The fraction of sp³-hybridized carbons (Fsp3) is 0.448. The Morgan fingerprint density at radius 1 is 1.17 bits per heavy atom. The second kappa shape index (κ2) is 15.0. The number of rotatable bonds is 13. The lowest BCUT2D eigenvalue weighted by Crippen LogP contribution is -2.43. The number of hydrogen-bond acceptors (Lipinski definition) is 5. The van der Waals surface area contributed by atoms with Gasteiger partial charge in [-0.3, -0.25) is 4.79 Å². The number of ether oxygens (including phenoxy) is 1. The summed E-state index contributed by atoms with van der Waals surface area (Å²) in [5.74, 6) is -0.756. The highest BCUT2D eigenvalue weighted by Crippen LogP contribution is 2.19. The van der Waals surface area contributed by atoms with Gasteiger partial charge >= 0.3 is 5.97 Å². The van der Waals surface area contributed by atoms with Crippen LogP contribution in [0.4, 0.5) is 5.69 Å². The van der Waals surface area contributed by atoms with Gasteiger partial charge in [-0.15, -0.1) is 0 Å². The van der Waals surface area contributed by atoms with Crippen molar-refractivity contribution in [2.24, 2.45) is 0 Å². The largest absolute Gasteiger partial charge is 0.464 e. The third-order valence-corrected chi connectivity index (χ3v) is 5.85. The van der Waals surface area contributed by atoms with E-state index in [0.29, 0.717) is 18.5 Å². The molecule has 1 aliphatic carbocycles. The quantitative estimate of drug-likeness (QED) is 0.244. The van der Waals surface area contributed by atoms with Crippen molar-refractivity contribution in [1.29, 1.82) is 0 Å². The van der Waals surface area contributed by atoms with E-state index in [1.807, 2.05) is 37.3 Å². The highest BCUT2D eigenvalue weighted by Gasteiger charge is 2.23. The van der Waals surface area contributed by atoms with Gasteiger partial charge in [0.15, 0.2) is 0 Å². The number of benzene rings is 1. The minimum absolute atomic E-state index is 0.0683. The number of amides is 1. The summed E-state index contributed by atoms with van der Waals surface area (Å²) in [5.41, 5.74) is 4.67. The number of aliphatic hydroxyl groups excluding tert-OH is 1. The van der Waals surface area contributed by atoms with Crippen LogP contribution in [0.1, 0.15) is 52.5 Å². The Labute approximate surface area is 210 Å². The lowest BCUT2D eigenvalue weighted by Gasteiger charge is -2.24. The standard InChI is InChI=1S/C29H40N2O4/c1-5-17-31(18-19-32)26-14-10-11-24(20-26)21-27(29(34)35-6-2)30-28(33)23(4)16-15-22(3)25-12-8-7-9-13-25/h8,10-16,20,27,32H,5-7,9,17-19,21H2,1-4H3,(H,30,33)/b22-15+,23-16+. The number of carbonyl (C=O) groups excluding carboxylic acids is 2. The van der Waals surface area contributed by atoms with Gasteiger partial charge < -0.3 is 20.1 Å². The maximum atomic E-state index is 12.9. The molecular formula is C29H40N2O4. The molecule has 0 fully saturated rings. The van der Waals surface area contributed by atoms with Gasteiger partial charge in [0.25, 0.3) is 0 Å². The number of nitrogens with one attached hydrogen (secondary N) is 1. The van der Waals surface area contributed by atoms with E-state index in [2.05, 4.69) is 35.4 Å². The van der Waals surface area contributed by atoms with Crippen LogP contribution in [0, 0.1) is 0 Å². The van der Waals surface area contributed by atoms with Crippen LogP contribution < -0.4 is 10.2 Å². The van der Waals surface area contributed by atoms with E-state index in [1.54, 1.807) is 19.9 Å². The molecule has 0 aromatic heterocycles. The first-order valence-corrected chi connectivity index (χ1v) is 12.5. The molecule has 0 heterocycles. The number of aliphatic hydroxyl groups is 1. The van der Waals surface area contributed by atoms with Crippen LogP contribution in [0.5, 0.6) is 0 Å². The Kier molecular flexibility index (Phi) is 12.0. The van der Waals surface area contributed by atoms with Gasteiger partial charge in [-0.1, -0.05) is 49.4 Å². The maximum Gasteiger partial charge on any atom is 0.328 e. The summed E-state index contributed by atoms with van der Waals surface area (Å²) in [6, 6.07) is 7.06. The van der Waals surface area contributed by atoms with Crippen molar-refractivity contribution in [3.63, 3.8) is 0 Å². The number of anilines is 1. The molecule has 0 spiro atoms. The van der Waals surface area contributed by atoms with Crippen molar-refractivity contribution in [2.45, 2.75) is 59.4 Å². The number of carbonyl (C=O) groups is 2. The van der Waals surface area contributed by atoms with Gasteiger partial charge in [-0.25, -0.2) is 4.79 Å². The number of esters is 1. The first-order chi connectivity index (χ1) is 16.9. The van der Waals surface area contributed by atoms with Crippen LogP contribution in [0.25, 0.3) is 0 Å². The molecule has 2 N–H and O–H groups in total. The van der Waals surface area contributed by atoms with E-state index in [-0.39, 0.29) is 19.1 Å². The summed E-state index contributed by atoms with van der Waals surface area (Å²) in [7, 11) is 0. The second-order valence-corrected chi connectivity index (χ2v) is 8.70. The van der Waals surface area contributed by atoms with E-state index < -0.39 is 12.0 Å². The van der Waals surface area contributed by atoms with Gasteiger partial charge in [0, 0.05) is 30.8 Å². The zero-order chi connectivity index (χ0) is 25.6. The molecule has 6 heteroatoms. The fourth-order valence-corrected chi connectivity index (χ4v) is 3.91. The van der Waals surface area contributed by atoms with Crippen LogP contribution in [0.15, 0.2) is 71.4 Å². The van der Waals surface area contributed by atoms with E-state index in [9.17, 15) is 14.7 Å². The monoisotopic (exact) mass is 480 g/mol. The summed E-state index contributed by atoms with van der Waals surface area (Å²) in [6.07, 6.45) is 13.5. The number of nitrogens with zero attached hydrogens (tertiary/aromatic N) is 1. The van der Waals surface area contributed by atoms with Gasteiger partial charge in [0.1, 0.15) is 6.04 Å². The van der Waals surface area contributed by atoms with E-state index in [0.717, 1.165) is 42.6 Å². The molecule has 1 amide bonds. The average molecular weight is 481 g/mol. The first kappa shape index (κ1) is 28.1. The predicted octanol–water partition coefficient (Wildman–Crippen LogP) is 4.65. The zero-order valence-corrected chi connectivity index (χ0v) is 21.5. The summed E-state index contributed by atoms with van der Waals surface area (Å²) < 4.78 is 5.25. The van der Waals surface area contributed by atoms with Crippen molar-refractivity contribution in [2.75, 3.05) is 31.2 Å². The topological polar surface area (TPSA) is 78.9 Å². The summed E-state index contributed by atoms with van der Waals surface area (Å²) in [6.45, 7) is 9.29. The minimum Gasteiger partial charge on any atom is -0.464 e. The summed E-state index contributed by atoms with van der Waals surface area (Å²) in [5, 5.41) is 12.3. The van der Waals surface area contributed by atoms with Crippen molar-refractivity contribution in [3.05, 3.63) is 76.9 Å².